The van der Waals surface area contributed by atoms with Crippen LogP contribution in [0.3, 0.4) is 0 Å². The maximum absolute atomic E-state index is 9.31. The van der Waals surface area contributed by atoms with Gasteiger partial charge >= 0.3 is 0 Å². The highest BCUT2D eigenvalue weighted by molar-refractivity contribution is 4.95. The monoisotopic (exact) mass is 265 g/mol. The second-order valence-electron chi connectivity index (χ2n) is 5.60. The van der Waals surface area contributed by atoms with Crippen molar-refractivity contribution in [2.75, 3.05) is 32.7 Å². The third-order valence-corrected chi connectivity index (χ3v) is 4.58. The molecule has 2 atom stereocenters. The summed E-state index contributed by atoms with van der Waals surface area (Å²) in [4.78, 5) is 5.03. The Morgan fingerprint density at radius 3 is 2.26 bits per heavy atom. The molecule has 0 radical (unpaired) electrons. The van der Waals surface area contributed by atoms with Crippen LogP contribution in [0.4, 0.5) is 0 Å². The van der Waals surface area contributed by atoms with Gasteiger partial charge in [0.15, 0.2) is 0 Å². The lowest BCUT2D eigenvalue weighted by Crippen LogP contribution is -2.43. The summed E-state index contributed by atoms with van der Waals surface area (Å²) in [6.07, 6.45) is 6.09. The Hall–Kier alpha value is -0.590. The van der Waals surface area contributed by atoms with Crippen LogP contribution in [0.5, 0.6) is 0 Å². The van der Waals surface area contributed by atoms with Gasteiger partial charge < -0.3 is 4.90 Å². The van der Waals surface area contributed by atoms with Crippen LogP contribution in [-0.2, 0) is 0 Å². The van der Waals surface area contributed by atoms with Gasteiger partial charge in [0, 0.05) is 6.04 Å². The molecule has 0 aromatic carbocycles. The van der Waals surface area contributed by atoms with Gasteiger partial charge in [0.05, 0.1) is 12.0 Å². The summed E-state index contributed by atoms with van der Waals surface area (Å²) in [5, 5.41) is 9.31. The highest BCUT2D eigenvalue weighted by Gasteiger charge is 2.28. The Kier molecular flexibility index (Phi) is 8.09. The van der Waals surface area contributed by atoms with Gasteiger partial charge in [-0.2, -0.15) is 5.26 Å². The van der Waals surface area contributed by atoms with E-state index in [0.29, 0.717) is 6.04 Å². The minimum absolute atomic E-state index is 0.266. The molecule has 0 N–H and O–H groups in total. The van der Waals surface area contributed by atoms with Crippen LogP contribution in [0.15, 0.2) is 0 Å². The van der Waals surface area contributed by atoms with E-state index in [-0.39, 0.29) is 5.92 Å². The minimum atomic E-state index is 0.266. The Morgan fingerprint density at radius 1 is 1.00 bits per heavy atom. The first-order valence-corrected chi connectivity index (χ1v) is 8.12. The van der Waals surface area contributed by atoms with Gasteiger partial charge in [-0.05, 0) is 52.0 Å². The van der Waals surface area contributed by atoms with Crippen LogP contribution in [-0.4, -0.2) is 48.6 Å². The van der Waals surface area contributed by atoms with Crippen molar-refractivity contribution in [2.24, 2.45) is 5.92 Å². The standard InChI is InChI=1S/C16H31N3/c1-4-18(5-2)12-9-13-19(6-3)16-11-8-7-10-15(16)14-17/h15-16H,4-13H2,1-3H3. The topological polar surface area (TPSA) is 30.3 Å². The van der Waals surface area contributed by atoms with Gasteiger partial charge in [0.1, 0.15) is 0 Å². The van der Waals surface area contributed by atoms with Crippen molar-refractivity contribution in [1.82, 2.24) is 9.80 Å². The molecule has 19 heavy (non-hydrogen) atoms. The van der Waals surface area contributed by atoms with Crippen LogP contribution < -0.4 is 0 Å². The molecule has 1 fully saturated rings. The Bertz CT molecular complexity index is 268. The molecule has 0 aliphatic heterocycles. The quantitative estimate of drug-likeness (QED) is 0.675. The van der Waals surface area contributed by atoms with E-state index in [2.05, 4.69) is 36.6 Å². The van der Waals surface area contributed by atoms with Crippen molar-refractivity contribution in [3.05, 3.63) is 0 Å². The maximum atomic E-state index is 9.31. The Balaban J connectivity index is 2.41. The number of hydrogen-bond acceptors (Lipinski definition) is 3. The molecular weight excluding hydrogens is 234 g/mol. The van der Waals surface area contributed by atoms with Gasteiger partial charge in [-0.25, -0.2) is 0 Å². The van der Waals surface area contributed by atoms with Crippen LogP contribution in [0.1, 0.15) is 52.9 Å². The number of rotatable bonds is 8. The fourth-order valence-electron chi connectivity index (χ4n) is 3.29. The average Bonchev–Trinajstić information content (AvgIpc) is 2.48. The first kappa shape index (κ1) is 16.5. The maximum Gasteiger partial charge on any atom is 0.0672 e. The van der Waals surface area contributed by atoms with Crippen LogP contribution in [0.2, 0.25) is 0 Å². The molecule has 1 saturated carbocycles. The smallest absolute Gasteiger partial charge is 0.0672 e. The number of nitrogens with zero attached hydrogens (tertiary/aromatic N) is 3. The van der Waals surface area contributed by atoms with E-state index in [0.717, 1.165) is 32.6 Å². The zero-order valence-corrected chi connectivity index (χ0v) is 13.1. The Morgan fingerprint density at radius 2 is 1.68 bits per heavy atom. The molecule has 110 valence electrons. The first-order valence-electron chi connectivity index (χ1n) is 8.12. The van der Waals surface area contributed by atoms with Crippen molar-refractivity contribution >= 4 is 0 Å². The fourth-order valence-corrected chi connectivity index (χ4v) is 3.29. The zero-order valence-electron chi connectivity index (χ0n) is 13.1. The number of hydrogen-bond donors (Lipinski definition) is 0. The van der Waals surface area contributed by atoms with E-state index in [1.807, 2.05) is 0 Å². The molecule has 0 saturated heterocycles. The second-order valence-corrected chi connectivity index (χ2v) is 5.60. The molecule has 0 bridgehead atoms. The third-order valence-electron chi connectivity index (χ3n) is 4.58. The summed E-state index contributed by atoms with van der Waals surface area (Å²) < 4.78 is 0. The molecule has 0 amide bonds. The average molecular weight is 265 g/mol. The second kappa shape index (κ2) is 9.34. The molecule has 0 aromatic heterocycles. The van der Waals surface area contributed by atoms with Gasteiger partial charge in [-0.3, -0.25) is 4.90 Å². The van der Waals surface area contributed by atoms with Crippen molar-refractivity contribution < 1.29 is 0 Å². The zero-order chi connectivity index (χ0) is 14.1. The molecule has 0 spiro atoms. The van der Waals surface area contributed by atoms with Crippen LogP contribution >= 0.6 is 0 Å². The van der Waals surface area contributed by atoms with Crippen LogP contribution in [0, 0.1) is 17.2 Å². The lowest BCUT2D eigenvalue weighted by atomic mass is 9.84. The molecule has 0 aromatic rings. The molecule has 3 nitrogen and oxygen atoms in total. The molecule has 1 aliphatic rings. The van der Waals surface area contributed by atoms with E-state index >= 15 is 0 Å². The third kappa shape index (κ3) is 5.12. The summed E-state index contributed by atoms with van der Waals surface area (Å²) in [6.45, 7) is 12.4. The van der Waals surface area contributed by atoms with E-state index in [1.165, 1.54) is 32.2 Å². The first-order chi connectivity index (χ1) is 9.26. The summed E-state index contributed by atoms with van der Waals surface area (Å²) in [7, 11) is 0. The summed E-state index contributed by atoms with van der Waals surface area (Å²) in [5.41, 5.74) is 0. The fraction of sp³-hybridized carbons (Fsp3) is 0.938. The van der Waals surface area contributed by atoms with E-state index in [4.69, 9.17) is 0 Å². The molecule has 0 heterocycles. The van der Waals surface area contributed by atoms with Crippen molar-refractivity contribution in [3.63, 3.8) is 0 Å². The lowest BCUT2D eigenvalue weighted by molar-refractivity contribution is 0.126. The molecule has 3 heteroatoms. The van der Waals surface area contributed by atoms with Crippen molar-refractivity contribution in [2.45, 2.75) is 58.9 Å². The molecular formula is C16H31N3. The Labute approximate surface area is 119 Å². The van der Waals surface area contributed by atoms with Gasteiger partial charge in [0.2, 0.25) is 0 Å². The summed E-state index contributed by atoms with van der Waals surface area (Å²) in [6, 6.07) is 3.05. The van der Waals surface area contributed by atoms with E-state index in [1.54, 1.807) is 0 Å². The lowest BCUT2D eigenvalue weighted by Gasteiger charge is -2.37. The summed E-state index contributed by atoms with van der Waals surface area (Å²) in [5.74, 6) is 0.266. The van der Waals surface area contributed by atoms with E-state index < -0.39 is 0 Å². The predicted molar refractivity (Wildman–Crippen MR) is 81.0 cm³/mol. The summed E-state index contributed by atoms with van der Waals surface area (Å²) >= 11 is 0. The minimum Gasteiger partial charge on any atom is -0.304 e. The predicted octanol–water partition coefficient (Wildman–Crippen LogP) is 3.12. The van der Waals surface area contributed by atoms with Crippen LogP contribution in [0.25, 0.3) is 0 Å². The van der Waals surface area contributed by atoms with Gasteiger partial charge in [-0.15, -0.1) is 0 Å². The highest BCUT2D eigenvalue weighted by Crippen LogP contribution is 2.28. The van der Waals surface area contributed by atoms with Crippen molar-refractivity contribution in [1.29, 1.82) is 5.26 Å². The SMILES string of the molecule is CCN(CC)CCCN(CC)C1CCCCC1C#N. The molecule has 2 unspecified atom stereocenters. The number of nitriles is 1. The molecule has 1 rings (SSSR count). The normalized spacial score (nSPS) is 23.8. The highest BCUT2D eigenvalue weighted by atomic mass is 15.2. The van der Waals surface area contributed by atoms with Gasteiger partial charge in [-0.1, -0.05) is 33.6 Å². The van der Waals surface area contributed by atoms with Crippen molar-refractivity contribution in [3.8, 4) is 6.07 Å². The van der Waals surface area contributed by atoms with E-state index in [9.17, 15) is 5.26 Å². The van der Waals surface area contributed by atoms with Gasteiger partial charge in [0.25, 0.3) is 0 Å². The molecule has 1 aliphatic carbocycles. The largest absolute Gasteiger partial charge is 0.304 e.